The Balaban J connectivity index is 2.99. The molecular weight excluding hydrogens is 464 g/mol. The van der Waals surface area contributed by atoms with E-state index >= 15 is 0 Å². The van der Waals surface area contributed by atoms with Gasteiger partial charge >= 0.3 is 0 Å². The van der Waals surface area contributed by atoms with E-state index in [1.54, 1.807) is 0 Å². The molecule has 0 aromatic rings. The molecule has 206 valence electrons. The summed E-state index contributed by atoms with van der Waals surface area (Å²) in [5.41, 5.74) is 0. The van der Waals surface area contributed by atoms with E-state index in [1.165, 1.54) is 114 Å². The second-order valence-corrected chi connectivity index (χ2v) is 11.7. The first-order chi connectivity index (χ1) is 16.9. The molecule has 0 aromatic heterocycles. The van der Waals surface area contributed by atoms with Crippen LogP contribution in [-0.4, -0.2) is 72.9 Å². The minimum atomic E-state index is 0.353. The number of unbranched alkanes of at least 4 members (excludes halogenated alkanes) is 16. The molecule has 0 spiro atoms. The molecular formula is C28H58O4S2. The van der Waals surface area contributed by atoms with Gasteiger partial charge in [-0.1, -0.05) is 89.9 Å². The van der Waals surface area contributed by atoms with E-state index in [0.717, 1.165) is 50.8 Å². The van der Waals surface area contributed by atoms with Gasteiger partial charge < -0.3 is 19.7 Å². The van der Waals surface area contributed by atoms with Gasteiger partial charge in [0, 0.05) is 24.7 Å². The van der Waals surface area contributed by atoms with Crippen molar-refractivity contribution in [1.29, 1.82) is 0 Å². The predicted octanol–water partition coefficient (Wildman–Crippen LogP) is 7.49. The van der Waals surface area contributed by atoms with Crippen LogP contribution in [0.4, 0.5) is 0 Å². The second kappa shape index (κ2) is 33.5. The maximum Gasteiger partial charge on any atom is 0.0700 e. The highest BCUT2D eigenvalue weighted by Crippen LogP contribution is 2.13. The Morgan fingerprint density at radius 1 is 0.324 bits per heavy atom. The summed E-state index contributed by atoms with van der Waals surface area (Å²) < 4.78 is 11.3. The molecule has 0 radical (unpaired) electrons. The molecule has 6 heteroatoms. The molecule has 0 saturated carbocycles. The predicted molar refractivity (Wildman–Crippen MR) is 154 cm³/mol. The zero-order valence-corrected chi connectivity index (χ0v) is 24.0. The fourth-order valence-electron chi connectivity index (χ4n) is 3.87. The highest BCUT2D eigenvalue weighted by molar-refractivity contribution is 7.99. The first kappa shape index (κ1) is 34.5. The van der Waals surface area contributed by atoms with Crippen LogP contribution in [0.1, 0.15) is 116 Å². The maximum atomic E-state index is 8.75. The summed E-state index contributed by atoms with van der Waals surface area (Å²) in [5.74, 6) is 4.73. The molecule has 0 heterocycles. The first-order valence-corrected chi connectivity index (χ1v) is 16.8. The van der Waals surface area contributed by atoms with Crippen LogP contribution >= 0.6 is 23.5 Å². The summed E-state index contributed by atoms with van der Waals surface area (Å²) in [6.45, 7) is 3.85. The van der Waals surface area contributed by atoms with Crippen molar-refractivity contribution in [3.63, 3.8) is 0 Å². The number of ether oxygens (including phenoxy) is 2. The standard InChI is InChI=1S/C28H58O4S2/c29-19-15-11-7-3-1-5-9-13-17-25-33-27-23-31-21-22-32-24-28-34-26-18-14-10-6-2-4-8-12-16-20-30/h29-30H,1-28H2. The van der Waals surface area contributed by atoms with Gasteiger partial charge in [0.05, 0.1) is 26.4 Å². The number of aliphatic hydroxyl groups excluding tert-OH is 2. The molecule has 0 atom stereocenters. The van der Waals surface area contributed by atoms with Crippen LogP contribution in [0.25, 0.3) is 0 Å². The average molecular weight is 523 g/mol. The van der Waals surface area contributed by atoms with E-state index in [2.05, 4.69) is 0 Å². The minimum absolute atomic E-state index is 0.353. The lowest BCUT2D eigenvalue weighted by atomic mass is 10.1. The minimum Gasteiger partial charge on any atom is -0.396 e. The van der Waals surface area contributed by atoms with Gasteiger partial charge in [0.2, 0.25) is 0 Å². The fraction of sp³-hybridized carbons (Fsp3) is 1.00. The SMILES string of the molecule is OCCCCCCCCCCCSCCOCCOCCSCCCCCCCCCCCO. The van der Waals surface area contributed by atoms with Crippen molar-refractivity contribution in [2.75, 3.05) is 62.7 Å². The third-order valence-corrected chi connectivity index (χ3v) is 8.07. The lowest BCUT2D eigenvalue weighted by molar-refractivity contribution is 0.0605. The van der Waals surface area contributed by atoms with Crippen LogP contribution in [0.15, 0.2) is 0 Å². The van der Waals surface area contributed by atoms with Gasteiger partial charge in [-0.25, -0.2) is 0 Å². The van der Waals surface area contributed by atoms with E-state index in [1.807, 2.05) is 23.5 Å². The topological polar surface area (TPSA) is 58.9 Å². The van der Waals surface area contributed by atoms with Crippen molar-refractivity contribution < 1.29 is 19.7 Å². The Hall–Kier alpha value is 0.540. The Labute approximate surface area is 221 Å². The van der Waals surface area contributed by atoms with Gasteiger partial charge in [-0.05, 0) is 37.2 Å². The highest BCUT2D eigenvalue weighted by atomic mass is 32.2. The molecule has 0 saturated heterocycles. The molecule has 4 nitrogen and oxygen atoms in total. The zero-order valence-electron chi connectivity index (χ0n) is 22.3. The van der Waals surface area contributed by atoms with Crippen LogP contribution in [0.5, 0.6) is 0 Å². The van der Waals surface area contributed by atoms with Crippen LogP contribution in [0.2, 0.25) is 0 Å². The van der Waals surface area contributed by atoms with E-state index in [-0.39, 0.29) is 0 Å². The largest absolute Gasteiger partial charge is 0.396 e. The number of hydrogen-bond acceptors (Lipinski definition) is 6. The van der Waals surface area contributed by atoms with Crippen LogP contribution in [0, 0.1) is 0 Å². The number of rotatable bonds is 31. The smallest absolute Gasteiger partial charge is 0.0700 e. The van der Waals surface area contributed by atoms with Gasteiger partial charge in [0.1, 0.15) is 0 Å². The molecule has 2 N–H and O–H groups in total. The van der Waals surface area contributed by atoms with Gasteiger partial charge in [-0.15, -0.1) is 0 Å². The molecule has 0 aliphatic heterocycles. The molecule has 0 aliphatic rings. The summed E-state index contributed by atoms with van der Waals surface area (Å²) in [6.07, 6.45) is 23.2. The molecule has 0 bridgehead atoms. The van der Waals surface area contributed by atoms with Gasteiger partial charge in [-0.3, -0.25) is 0 Å². The third kappa shape index (κ3) is 32.5. The third-order valence-electron chi connectivity index (χ3n) is 6.01. The van der Waals surface area contributed by atoms with E-state index in [4.69, 9.17) is 19.7 Å². The molecule has 0 fully saturated rings. The van der Waals surface area contributed by atoms with Gasteiger partial charge in [0.25, 0.3) is 0 Å². The summed E-state index contributed by atoms with van der Waals surface area (Å²) in [7, 11) is 0. The molecule has 0 amide bonds. The van der Waals surface area contributed by atoms with Gasteiger partial charge in [0.15, 0.2) is 0 Å². The van der Waals surface area contributed by atoms with E-state index < -0.39 is 0 Å². The average Bonchev–Trinajstić information content (AvgIpc) is 2.85. The molecule has 0 unspecified atom stereocenters. The highest BCUT2D eigenvalue weighted by Gasteiger charge is 1.96. The van der Waals surface area contributed by atoms with Crippen molar-refractivity contribution in [1.82, 2.24) is 0 Å². The van der Waals surface area contributed by atoms with Crippen molar-refractivity contribution in [2.45, 2.75) is 116 Å². The molecule has 34 heavy (non-hydrogen) atoms. The summed E-state index contributed by atoms with van der Waals surface area (Å²) in [4.78, 5) is 0. The van der Waals surface area contributed by atoms with E-state index in [9.17, 15) is 0 Å². The zero-order chi connectivity index (χ0) is 24.6. The lowest BCUT2D eigenvalue weighted by Crippen LogP contribution is -2.08. The van der Waals surface area contributed by atoms with Crippen molar-refractivity contribution in [3.05, 3.63) is 0 Å². The molecule has 0 rings (SSSR count). The summed E-state index contributed by atoms with van der Waals surface area (Å²) in [6, 6.07) is 0. The Morgan fingerprint density at radius 3 is 0.941 bits per heavy atom. The van der Waals surface area contributed by atoms with E-state index in [0.29, 0.717) is 13.2 Å². The normalized spacial score (nSPS) is 11.5. The Morgan fingerprint density at radius 2 is 0.618 bits per heavy atom. The molecule has 0 aromatic carbocycles. The van der Waals surface area contributed by atoms with Crippen molar-refractivity contribution in [2.24, 2.45) is 0 Å². The summed E-state index contributed by atoms with van der Waals surface area (Å²) >= 11 is 4.04. The van der Waals surface area contributed by atoms with Gasteiger partial charge in [-0.2, -0.15) is 23.5 Å². The van der Waals surface area contributed by atoms with Crippen LogP contribution < -0.4 is 0 Å². The van der Waals surface area contributed by atoms with Crippen molar-refractivity contribution >= 4 is 23.5 Å². The summed E-state index contributed by atoms with van der Waals surface area (Å²) in [5, 5.41) is 17.5. The Bertz CT molecular complexity index is 316. The first-order valence-electron chi connectivity index (χ1n) is 14.4. The molecule has 0 aliphatic carbocycles. The fourth-order valence-corrected chi connectivity index (χ4v) is 5.56. The van der Waals surface area contributed by atoms with Crippen molar-refractivity contribution in [3.8, 4) is 0 Å². The number of hydrogen-bond donors (Lipinski definition) is 2. The Kier molecular flexibility index (Phi) is 34.1. The van der Waals surface area contributed by atoms with Crippen LogP contribution in [0.3, 0.4) is 0 Å². The maximum absolute atomic E-state index is 8.75. The number of aliphatic hydroxyl groups is 2. The quantitative estimate of drug-likeness (QED) is 0.0920. The second-order valence-electron chi connectivity index (χ2n) is 9.26. The monoisotopic (exact) mass is 522 g/mol. The lowest BCUT2D eigenvalue weighted by Gasteiger charge is -2.06. The van der Waals surface area contributed by atoms with Crippen LogP contribution in [-0.2, 0) is 9.47 Å². The number of thioether (sulfide) groups is 2.